The number of nitrogens with zero attached hydrogens (tertiary/aromatic N) is 1. The quantitative estimate of drug-likeness (QED) is 0.0307. The number of hydrogen-bond donors (Lipinski definition) is 9. The molecule has 0 bridgehead atoms. The Hall–Kier alpha value is -3.02. The third-order valence-electron chi connectivity index (χ3n) is 17.7. The van der Waals surface area contributed by atoms with Crippen molar-refractivity contribution in [2.45, 2.75) is 205 Å². The van der Waals surface area contributed by atoms with Gasteiger partial charge >= 0.3 is 18.0 Å². The highest BCUT2D eigenvalue weighted by atomic mass is 16.7. The Balaban J connectivity index is 1.08. The molecule has 0 aromatic rings. The van der Waals surface area contributed by atoms with E-state index in [0.717, 1.165) is 36.5 Å². The van der Waals surface area contributed by atoms with Gasteiger partial charge in [0.25, 0.3) is 0 Å². The summed E-state index contributed by atoms with van der Waals surface area (Å²) in [4.78, 5) is 51.9. The first-order valence-electron chi connectivity index (χ1n) is 27.2. The van der Waals surface area contributed by atoms with Crippen LogP contribution in [-0.4, -0.2) is 184 Å². The number of rotatable bonds is 23. The molecule has 0 aromatic carbocycles. The number of allylic oxidation sites excluding steroid dienone is 1. The second kappa shape index (κ2) is 26.4. The van der Waals surface area contributed by atoms with Crippen molar-refractivity contribution in [1.29, 1.82) is 0 Å². The van der Waals surface area contributed by atoms with Crippen LogP contribution in [0.5, 0.6) is 0 Å². The smallest absolute Gasteiger partial charge is 0.410 e. The van der Waals surface area contributed by atoms with E-state index in [1.807, 2.05) is 0 Å². The van der Waals surface area contributed by atoms with Crippen molar-refractivity contribution in [1.82, 2.24) is 15.5 Å². The predicted molar refractivity (Wildman–Crippen MR) is 264 cm³/mol. The molecule has 6 rings (SSSR count). The minimum Gasteiger partial charge on any atom is -0.462 e. The SMILES string of the molecule is CC(=O)OCC(CNC(=O)CCN(CCCNC1O[C@H](CO)[C@@H](O)[C@H](O[C@@H]2O[C@H](CO)[C@@H](O)[C@H](O)[C@H]2O)[C@H]1O)C(=O)OC1CC[C@@]2(C)C(=CC[C@H]3[C@@H]4CC[C@H]([C@H](C)CCCC(C)C)[C@@]4(C)CC[C@@H]32)C1)OC(C)=O. The summed E-state index contributed by atoms with van der Waals surface area (Å²) >= 11 is 0. The van der Waals surface area contributed by atoms with Crippen LogP contribution in [0.15, 0.2) is 11.6 Å². The average molecular weight is 1040 g/mol. The van der Waals surface area contributed by atoms with Crippen LogP contribution in [-0.2, 0) is 42.8 Å². The molecule has 9 N–H and O–H groups in total. The van der Waals surface area contributed by atoms with Crippen molar-refractivity contribution in [2.75, 3.05) is 46.0 Å². The Labute approximate surface area is 431 Å². The van der Waals surface area contributed by atoms with Crippen LogP contribution in [0.3, 0.4) is 0 Å². The zero-order valence-electron chi connectivity index (χ0n) is 44.3. The Bertz CT molecular complexity index is 1860. The third-order valence-corrected chi connectivity index (χ3v) is 17.7. The summed E-state index contributed by atoms with van der Waals surface area (Å²) in [5.74, 6) is 2.56. The van der Waals surface area contributed by atoms with Crippen LogP contribution < -0.4 is 10.6 Å². The van der Waals surface area contributed by atoms with Crippen LogP contribution in [0.25, 0.3) is 0 Å². The first-order valence-corrected chi connectivity index (χ1v) is 27.2. The highest BCUT2D eigenvalue weighted by Crippen LogP contribution is 2.67. The Morgan fingerprint density at radius 1 is 0.822 bits per heavy atom. The van der Waals surface area contributed by atoms with Gasteiger partial charge in [-0.1, -0.05) is 65.5 Å². The number of carbonyl (C=O) groups excluding carboxylic acids is 4. The van der Waals surface area contributed by atoms with Gasteiger partial charge in [0.05, 0.1) is 19.8 Å². The average Bonchev–Trinajstić information content (AvgIpc) is 3.71. The van der Waals surface area contributed by atoms with E-state index < -0.39 is 105 Å². The molecule has 0 radical (unpaired) electrons. The highest BCUT2D eigenvalue weighted by Gasteiger charge is 2.59. The van der Waals surface area contributed by atoms with Gasteiger partial charge in [0.15, 0.2) is 12.4 Å². The molecule has 20 heteroatoms. The van der Waals surface area contributed by atoms with Crippen LogP contribution in [0.1, 0.15) is 132 Å². The molecule has 2 saturated heterocycles. The van der Waals surface area contributed by atoms with E-state index in [9.17, 15) is 54.9 Å². The van der Waals surface area contributed by atoms with Gasteiger partial charge in [-0.05, 0) is 104 Å². The van der Waals surface area contributed by atoms with Gasteiger partial charge in [-0.25, -0.2) is 4.79 Å². The maximum atomic E-state index is 14.2. The molecule has 0 aromatic heterocycles. The summed E-state index contributed by atoms with van der Waals surface area (Å²) in [5, 5.41) is 78.8. The van der Waals surface area contributed by atoms with Gasteiger partial charge in [-0.15, -0.1) is 0 Å². The molecule has 2 amide bonds. The summed E-state index contributed by atoms with van der Waals surface area (Å²) < 4.78 is 33.4. The molecule has 0 spiro atoms. The van der Waals surface area contributed by atoms with Gasteiger partial charge in [-0.2, -0.15) is 0 Å². The molecule has 73 heavy (non-hydrogen) atoms. The molecular weight excluding hydrogens is 951 g/mol. The van der Waals surface area contributed by atoms with E-state index in [1.165, 1.54) is 69.3 Å². The Kier molecular flexibility index (Phi) is 21.4. The lowest BCUT2D eigenvalue weighted by Crippen LogP contribution is -2.66. The van der Waals surface area contributed by atoms with E-state index >= 15 is 0 Å². The van der Waals surface area contributed by atoms with Crippen molar-refractivity contribution in [3.63, 3.8) is 0 Å². The van der Waals surface area contributed by atoms with E-state index in [2.05, 4.69) is 51.3 Å². The number of amides is 2. The fourth-order valence-electron chi connectivity index (χ4n) is 13.7. The van der Waals surface area contributed by atoms with Gasteiger partial charge in [0, 0.05) is 39.8 Å². The van der Waals surface area contributed by atoms with Crippen molar-refractivity contribution >= 4 is 23.9 Å². The topological polar surface area (TPSA) is 293 Å². The molecule has 2 aliphatic heterocycles. The van der Waals surface area contributed by atoms with Crippen LogP contribution in [0.2, 0.25) is 0 Å². The van der Waals surface area contributed by atoms with Gasteiger partial charge in [0.2, 0.25) is 5.91 Å². The summed E-state index contributed by atoms with van der Waals surface area (Å²) in [6.07, 6.45) is -2.58. The monoisotopic (exact) mass is 1040 g/mol. The number of fused-ring (bicyclic) bond motifs is 5. The number of nitrogens with one attached hydrogen (secondary N) is 2. The van der Waals surface area contributed by atoms with Gasteiger partial charge in [-0.3, -0.25) is 19.7 Å². The minimum absolute atomic E-state index is 0.0344. The third kappa shape index (κ3) is 14.3. The number of ether oxygens (including phenoxy) is 6. The van der Waals surface area contributed by atoms with Crippen molar-refractivity contribution < 1.29 is 83.3 Å². The maximum absolute atomic E-state index is 14.2. The first kappa shape index (κ1) is 59.2. The lowest BCUT2D eigenvalue weighted by molar-refractivity contribution is -0.343. The van der Waals surface area contributed by atoms with E-state index in [1.54, 1.807) is 0 Å². The molecule has 418 valence electrons. The molecule has 20 nitrogen and oxygen atoms in total. The highest BCUT2D eigenvalue weighted by molar-refractivity contribution is 5.77. The number of aliphatic hydroxyl groups excluding tert-OH is 7. The summed E-state index contributed by atoms with van der Waals surface area (Å²) in [5.41, 5.74) is 1.78. The number of aliphatic hydroxyl groups is 7. The van der Waals surface area contributed by atoms with Gasteiger partial charge in [0.1, 0.15) is 67.8 Å². The molecule has 3 unspecified atom stereocenters. The van der Waals surface area contributed by atoms with Gasteiger partial charge < -0.3 is 74.4 Å². The lowest BCUT2D eigenvalue weighted by atomic mass is 9.47. The second-order valence-corrected chi connectivity index (χ2v) is 23.0. The molecule has 5 fully saturated rings. The molecular formula is C53H89N3O17. The normalized spacial score (nSPS) is 38.0. The van der Waals surface area contributed by atoms with Crippen molar-refractivity contribution in [3.05, 3.63) is 11.6 Å². The van der Waals surface area contributed by atoms with Crippen molar-refractivity contribution in [3.8, 4) is 0 Å². The van der Waals surface area contributed by atoms with Crippen LogP contribution in [0, 0.1) is 46.3 Å². The largest absolute Gasteiger partial charge is 0.462 e. The fourth-order valence-corrected chi connectivity index (χ4v) is 13.7. The number of esters is 2. The lowest BCUT2D eigenvalue weighted by Gasteiger charge is -2.58. The number of hydrogen-bond acceptors (Lipinski definition) is 18. The molecule has 19 atom stereocenters. The molecule has 3 saturated carbocycles. The molecule has 4 aliphatic carbocycles. The Morgan fingerprint density at radius 2 is 1.55 bits per heavy atom. The predicted octanol–water partition coefficient (Wildman–Crippen LogP) is 2.44. The minimum atomic E-state index is -1.82. The summed E-state index contributed by atoms with van der Waals surface area (Å²) in [6, 6.07) is 0. The summed E-state index contributed by atoms with van der Waals surface area (Å²) in [6.45, 7) is 12.9. The van der Waals surface area contributed by atoms with E-state index in [4.69, 9.17) is 28.4 Å². The zero-order chi connectivity index (χ0) is 53.4. The second-order valence-electron chi connectivity index (χ2n) is 23.0. The van der Waals surface area contributed by atoms with E-state index in [-0.39, 0.29) is 57.1 Å². The Morgan fingerprint density at radius 3 is 2.23 bits per heavy atom. The fraction of sp³-hybridized carbons (Fsp3) is 0.887. The van der Waals surface area contributed by atoms with Crippen molar-refractivity contribution in [2.24, 2.45) is 46.3 Å². The van der Waals surface area contributed by atoms with Crippen LogP contribution >= 0.6 is 0 Å². The summed E-state index contributed by atoms with van der Waals surface area (Å²) in [7, 11) is 0. The first-order chi connectivity index (χ1) is 34.6. The van der Waals surface area contributed by atoms with Crippen LogP contribution in [0.4, 0.5) is 4.79 Å². The number of carbonyl (C=O) groups is 4. The van der Waals surface area contributed by atoms with E-state index in [0.29, 0.717) is 30.1 Å². The molecule has 6 aliphatic rings. The standard InChI is InChI=1S/C53H89N3O17/c1-29(2)10-8-11-30(3)37-14-15-38-36-13-12-33-24-34(16-19-52(33,6)39(36)17-20-53(37,38)7)70-51(67)56(23-18-42(61)55-25-35(69-32(5)60)28-68-31(4)59)22-9-21-54-49-47(66)48(44(63)41(27-58)71-49)73-50-46(65)45(64)43(62)40(26-57)72-50/h12,29-30,34-41,43-50,54,57-58,62-66H,8-11,13-28H2,1-7H3,(H,55,61)/t30-,34?,35?,36+,37-,38+,39+,40-,41-,43-,44-,45+,46-,47-,48+,49?,50+,52+,53-/m1/s1. The maximum Gasteiger partial charge on any atom is 0.410 e. The molecule has 2 heterocycles. The zero-order valence-corrected chi connectivity index (χ0v) is 44.3.